The van der Waals surface area contributed by atoms with Gasteiger partial charge < -0.3 is 28.7 Å². The predicted molar refractivity (Wildman–Crippen MR) is 82.9 cm³/mol. The molecule has 23 heavy (non-hydrogen) atoms. The van der Waals surface area contributed by atoms with Crippen molar-refractivity contribution in [2.45, 2.75) is 44.2 Å². The highest BCUT2D eigenvalue weighted by atomic mass is 79.9. The summed E-state index contributed by atoms with van der Waals surface area (Å²) in [7, 11) is -5.36. The van der Waals surface area contributed by atoms with Gasteiger partial charge in [-0.05, 0) is 27.7 Å². The van der Waals surface area contributed by atoms with Crippen LogP contribution in [0.5, 0.6) is 0 Å². The maximum Gasteiger partial charge on any atom is 0.372 e. The molecule has 0 saturated carbocycles. The zero-order chi connectivity index (χ0) is 18.3. The van der Waals surface area contributed by atoms with Gasteiger partial charge in [0.25, 0.3) is 0 Å². The fourth-order valence-electron chi connectivity index (χ4n) is 1.76. The topological polar surface area (TPSA) is 129 Å². The summed E-state index contributed by atoms with van der Waals surface area (Å²) in [6, 6.07) is 0. The lowest BCUT2D eigenvalue weighted by Crippen LogP contribution is -2.58. The summed E-state index contributed by atoms with van der Waals surface area (Å²) >= 11 is 2.95. The standard InChI is InChI=1S/C12H22BrO9P/c1-5-19-9(10(14)20-6-2)12(22-8(4)13,23(16,17)18)11(15)21-7-3/h8-9H,5-7H2,1-4H3,(H2,16,17,18). The van der Waals surface area contributed by atoms with E-state index in [1.807, 2.05) is 0 Å². The molecular weight excluding hydrogens is 399 g/mol. The van der Waals surface area contributed by atoms with Crippen LogP contribution in [-0.2, 0) is 33.1 Å². The molecule has 0 amide bonds. The lowest BCUT2D eigenvalue weighted by atomic mass is 10.2. The second-order valence-corrected chi connectivity index (χ2v) is 7.25. The summed E-state index contributed by atoms with van der Waals surface area (Å²) in [6.07, 6.45) is -1.99. The number of carbonyl (C=O) groups excluding carboxylic acids is 2. The van der Waals surface area contributed by atoms with E-state index in [1.165, 1.54) is 27.7 Å². The molecule has 136 valence electrons. The SMILES string of the molecule is CCOC(=O)C(OCC)C(OC(C)Br)(C(=O)OCC)P(=O)(O)O. The van der Waals surface area contributed by atoms with Crippen molar-refractivity contribution >= 4 is 35.5 Å². The molecule has 11 heteroatoms. The Morgan fingerprint density at radius 3 is 2.00 bits per heavy atom. The van der Waals surface area contributed by atoms with Gasteiger partial charge in [-0.2, -0.15) is 0 Å². The Kier molecular flexibility index (Phi) is 9.49. The van der Waals surface area contributed by atoms with Crippen LogP contribution in [0.1, 0.15) is 27.7 Å². The van der Waals surface area contributed by atoms with E-state index in [9.17, 15) is 23.9 Å². The van der Waals surface area contributed by atoms with E-state index in [0.29, 0.717) is 0 Å². The molecule has 2 N–H and O–H groups in total. The van der Waals surface area contributed by atoms with Gasteiger partial charge in [0.2, 0.25) is 6.10 Å². The summed E-state index contributed by atoms with van der Waals surface area (Å²) in [5.41, 5.74) is 0. The van der Waals surface area contributed by atoms with Crippen LogP contribution in [0.4, 0.5) is 0 Å². The molecular formula is C12H22BrO9P. The molecule has 9 nitrogen and oxygen atoms in total. The van der Waals surface area contributed by atoms with E-state index in [1.54, 1.807) is 0 Å². The second kappa shape index (κ2) is 9.71. The van der Waals surface area contributed by atoms with Crippen molar-refractivity contribution in [1.82, 2.24) is 0 Å². The van der Waals surface area contributed by atoms with Gasteiger partial charge in [0.05, 0.1) is 13.2 Å². The fourth-order valence-corrected chi connectivity index (χ4v) is 3.29. The Balaban J connectivity index is 6.25. The van der Waals surface area contributed by atoms with Crippen LogP contribution in [-0.4, -0.2) is 58.0 Å². The van der Waals surface area contributed by atoms with Gasteiger partial charge in [0, 0.05) is 6.61 Å². The molecule has 0 heterocycles. The highest BCUT2D eigenvalue weighted by Gasteiger charge is 2.66. The smallest absolute Gasteiger partial charge is 0.372 e. The van der Waals surface area contributed by atoms with Crippen molar-refractivity contribution in [3.8, 4) is 0 Å². The van der Waals surface area contributed by atoms with Crippen LogP contribution in [0.2, 0.25) is 0 Å². The van der Waals surface area contributed by atoms with Crippen molar-refractivity contribution < 1.29 is 42.9 Å². The molecule has 0 rings (SSSR count). The number of alkyl halides is 1. The van der Waals surface area contributed by atoms with Gasteiger partial charge in [-0.15, -0.1) is 0 Å². The largest absolute Gasteiger partial charge is 0.464 e. The normalized spacial score (nSPS) is 17.0. The van der Waals surface area contributed by atoms with E-state index < -0.39 is 36.0 Å². The van der Waals surface area contributed by atoms with Gasteiger partial charge in [-0.25, -0.2) is 9.59 Å². The summed E-state index contributed by atoms with van der Waals surface area (Å²) < 4.78 is 31.8. The molecule has 0 aliphatic rings. The van der Waals surface area contributed by atoms with Crippen molar-refractivity contribution in [2.75, 3.05) is 19.8 Å². The summed E-state index contributed by atoms with van der Waals surface area (Å²) in [6.45, 7) is 5.43. The predicted octanol–water partition coefficient (Wildman–Crippen LogP) is 1.15. The van der Waals surface area contributed by atoms with Crippen LogP contribution in [0.15, 0.2) is 0 Å². The Bertz CT molecular complexity index is 450. The molecule has 0 radical (unpaired) electrons. The van der Waals surface area contributed by atoms with Crippen LogP contribution >= 0.6 is 23.5 Å². The summed E-state index contributed by atoms with van der Waals surface area (Å²) in [5, 5.41) is -3.97. The Labute approximate surface area is 142 Å². The number of hydrogen-bond acceptors (Lipinski definition) is 7. The van der Waals surface area contributed by atoms with E-state index in [0.717, 1.165) is 0 Å². The highest BCUT2D eigenvalue weighted by molar-refractivity contribution is 9.09. The lowest BCUT2D eigenvalue weighted by Gasteiger charge is -2.37. The molecule has 0 aliphatic heterocycles. The quantitative estimate of drug-likeness (QED) is 0.303. The van der Waals surface area contributed by atoms with Crippen molar-refractivity contribution in [2.24, 2.45) is 0 Å². The van der Waals surface area contributed by atoms with Crippen LogP contribution in [0.25, 0.3) is 0 Å². The van der Waals surface area contributed by atoms with Crippen molar-refractivity contribution in [3.05, 3.63) is 0 Å². The van der Waals surface area contributed by atoms with Gasteiger partial charge in [0.1, 0.15) is 5.01 Å². The minimum atomic E-state index is -5.36. The minimum absolute atomic E-state index is 0.0770. The first-order chi connectivity index (χ1) is 10.6. The second-order valence-electron chi connectivity index (χ2n) is 4.21. The third-order valence-corrected chi connectivity index (χ3v) is 4.11. The number of ether oxygens (including phenoxy) is 4. The molecule has 0 fully saturated rings. The van der Waals surface area contributed by atoms with Crippen LogP contribution in [0.3, 0.4) is 0 Å². The first-order valence-electron chi connectivity index (χ1n) is 6.91. The summed E-state index contributed by atoms with van der Waals surface area (Å²) in [5.74, 6) is -2.55. The van der Waals surface area contributed by atoms with E-state index in [-0.39, 0.29) is 19.8 Å². The average Bonchev–Trinajstić information content (AvgIpc) is 2.41. The van der Waals surface area contributed by atoms with Gasteiger partial charge in [-0.3, -0.25) is 4.57 Å². The number of esters is 2. The first kappa shape index (κ1) is 22.5. The van der Waals surface area contributed by atoms with Gasteiger partial charge in [0.15, 0.2) is 0 Å². The lowest BCUT2D eigenvalue weighted by molar-refractivity contribution is -0.193. The monoisotopic (exact) mass is 420 g/mol. The molecule has 3 unspecified atom stereocenters. The average molecular weight is 421 g/mol. The van der Waals surface area contributed by atoms with Gasteiger partial charge in [-0.1, -0.05) is 15.9 Å². The number of hydrogen-bond donors (Lipinski definition) is 2. The molecule has 0 aromatic heterocycles. The highest BCUT2D eigenvalue weighted by Crippen LogP contribution is 2.56. The molecule has 0 saturated heterocycles. The fraction of sp³-hybridized carbons (Fsp3) is 0.833. The molecule has 0 bridgehead atoms. The molecule has 0 aromatic carbocycles. The van der Waals surface area contributed by atoms with Crippen molar-refractivity contribution in [3.63, 3.8) is 0 Å². The molecule has 0 spiro atoms. The van der Waals surface area contributed by atoms with Crippen molar-refractivity contribution in [1.29, 1.82) is 0 Å². The molecule has 0 aromatic rings. The van der Waals surface area contributed by atoms with E-state index >= 15 is 0 Å². The molecule has 0 aliphatic carbocycles. The Hall–Kier alpha value is -0.510. The molecule has 3 atom stereocenters. The van der Waals surface area contributed by atoms with E-state index in [4.69, 9.17) is 18.9 Å². The van der Waals surface area contributed by atoms with Gasteiger partial charge >= 0.3 is 24.9 Å². The van der Waals surface area contributed by atoms with Crippen LogP contribution < -0.4 is 0 Å². The maximum absolute atomic E-state index is 12.3. The number of halogens is 1. The zero-order valence-corrected chi connectivity index (χ0v) is 15.8. The Morgan fingerprint density at radius 2 is 1.65 bits per heavy atom. The van der Waals surface area contributed by atoms with Crippen LogP contribution in [0, 0.1) is 0 Å². The number of rotatable bonds is 10. The zero-order valence-electron chi connectivity index (χ0n) is 13.4. The third kappa shape index (κ3) is 5.51. The maximum atomic E-state index is 12.3. The number of carbonyl (C=O) groups is 2. The first-order valence-corrected chi connectivity index (χ1v) is 9.44. The minimum Gasteiger partial charge on any atom is -0.464 e. The van der Waals surface area contributed by atoms with E-state index in [2.05, 4.69) is 15.9 Å². The Morgan fingerprint density at radius 1 is 1.13 bits per heavy atom. The summed E-state index contributed by atoms with van der Waals surface area (Å²) in [4.78, 5) is 44.0. The third-order valence-electron chi connectivity index (χ3n) is 2.53.